The van der Waals surface area contributed by atoms with Crippen LogP contribution >= 0.6 is 0 Å². The highest BCUT2D eigenvalue weighted by molar-refractivity contribution is 5.94. The van der Waals surface area contributed by atoms with Crippen LogP contribution in [0.2, 0.25) is 0 Å². The molecule has 0 aromatic heterocycles. The number of carbonyl (C=O) groups excluding carboxylic acids is 1. The molecule has 0 bridgehead atoms. The van der Waals surface area contributed by atoms with E-state index in [9.17, 15) is 18.7 Å². The van der Waals surface area contributed by atoms with E-state index in [0.717, 1.165) is 6.07 Å². The van der Waals surface area contributed by atoms with Crippen molar-refractivity contribution in [2.45, 2.75) is 19.4 Å². The van der Waals surface area contributed by atoms with Gasteiger partial charge in [-0.2, -0.15) is 0 Å². The van der Waals surface area contributed by atoms with Crippen LogP contribution in [-0.2, 0) is 0 Å². The molecule has 0 aliphatic rings. The standard InChI is InChI=1S/C18H20F2N2O2/c1-12(23)8-9-22(2)18(24)21-17-15(10-14(19)11-16(17)20)13-6-4-3-5-7-13/h3-7,10-12,23H,8-9H2,1-2H3,(H,21,24). The fraction of sp³-hybridized carbons (Fsp3) is 0.278. The van der Waals surface area contributed by atoms with E-state index in [2.05, 4.69) is 5.32 Å². The summed E-state index contributed by atoms with van der Waals surface area (Å²) in [4.78, 5) is 13.6. The Bertz CT molecular complexity index is 706. The SMILES string of the molecule is CC(O)CCN(C)C(=O)Nc1c(F)cc(F)cc1-c1ccccc1. The van der Waals surface area contributed by atoms with Crippen molar-refractivity contribution >= 4 is 11.7 Å². The molecule has 2 amide bonds. The Morgan fingerprint density at radius 3 is 2.54 bits per heavy atom. The molecule has 1 atom stereocenters. The highest BCUT2D eigenvalue weighted by Crippen LogP contribution is 2.31. The quantitative estimate of drug-likeness (QED) is 0.872. The van der Waals surface area contributed by atoms with Crippen molar-refractivity contribution in [2.24, 2.45) is 0 Å². The molecule has 0 heterocycles. The molecule has 2 N–H and O–H groups in total. The number of carbonyl (C=O) groups is 1. The third-order valence-electron chi connectivity index (χ3n) is 3.60. The van der Waals surface area contributed by atoms with Gasteiger partial charge in [0, 0.05) is 25.2 Å². The Kier molecular flexibility index (Phi) is 5.87. The molecular formula is C18H20F2N2O2. The molecule has 2 rings (SSSR count). The summed E-state index contributed by atoms with van der Waals surface area (Å²) < 4.78 is 27.8. The average molecular weight is 334 g/mol. The van der Waals surface area contributed by atoms with E-state index < -0.39 is 23.8 Å². The fourth-order valence-electron chi connectivity index (χ4n) is 2.23. The molecule has 0 spiro atoms. The summed E-state index contributed by atoms with van der Waals surface area (Å²) in [5, 5.41) is 11.8. The molecular weight excluding hydrogens is 314 g/mol. The van der Waals surface area contributed by atoms with Gasteiger partial charge < -0.3 is 15.3 Å². The summed E-state index contributed by atoms with van der Waals surface area (Å²) in [6.07, 6.45) is -0.135. The number of amides is 2. The number of benzene rings is 2. The van der Waals surface area contributed by atoms with Gasteiger partial charge in [0.05, 0.1) is 11.8 Å². The Balaban J connectivity index is 2.28. The van der Waals surface area contributed by atoms with Crippen LogP contribution < -0.4 is 5.32 Å². The van der Waals surface area contributed by atoms with Crippen molar-refractivity contribution in [3.63, 3.8) is 0 Å². The first-order valence-corrected chi connectivity index (χ1v) is 7.63. The maximum atomic E-state index is 14.2. The molecule has 0 aliphatic carbocycles. The number of hydrogen-bond acceptors (Lipinski definition) is 2. The average Bonchev–Trinajstić information content (AvgIpc) is 2.55. The predicted octanol–water partition coefficient (Wildman–Crippen LogP) is 3.87. The summed E-state index contributed by atoms with van der Waals surface area (Å²) in [5.74, 6) is -1.56. The zero-order valence-corrected chi connectivity index (χ0v) is 13.6. The summed E-state index contributed by atoms with van der Waals surface area (Å²) in [6.45, 7) is 1.94. The minimum absolute atomic E-state index is 0.0727. The number of rotatable bonds is 5. The maximum Gasteiger partial charge on any atom is 0.321 e. The number of nitrogens with one attached hydrogen (secondary N) is 1. The van der Waals surface area contributed by atoms with Gasteiger partial charge in [0.1, 0.15) is 11.6 Å². The molecule has 0 saturated heterocycles. The van der Waals surface area contributed by atoms with Crippen molar-refractivity contribution in [2.75, 3.05) is 18.9 Å². The number of hydrogen-bond donors (Lipinski definition) is 2. The molecule has 4 nitrogen and oxygen atoms in total. The van der Waals surface area contributed by atoms with Gasteiger partial charge >= 0.3 is 6.03 Å². The zero-order valence-electron chi connectivity index (χ0n) is 13.6. The van der Waals surface area contributed by atoms with Gasteiger partial charge in [0.15, 0.2) is 0 Å². The summed E-state index contributed by atoms with van der Waals surface area (Å²) in [5.41, 5.74) is 0.791. The lowest BCUT2D eigenvalue weighted by Crippen LogP contribution is -2.33. The van der Waals surface area contributed by atoms with E-state index in [1.807, 2.05) is 0 Å². The van der Waals surface area contributed by atoms with Crippen molar-refractivity contribution in [1.29, 1.82) is 0 Å². The third-order valence-corrected chi connectivity index (χ3v) is 3.60. The first-order valence-electron chi connectivity index (χ1n) is 7.63. The van der Waals surface area contributed by atoms with E-state index >= 15 is 0 Å². The highest BCUT2D eigenvalue weighted by atomic mass is 19.1. The second-order valence-electron chi connectivity index (χ2n) is 5.67. The van der Waals surface area contributed by atoms with Crippen LogP contribution in [0.1, 0.15) is 13.3 Å². The molecule has 2 aromatic rings. The van der Waals surface area contributed by atoms with Gasteiger partial charge in [-0.15, -0.1) is 0 Å². The number of nitrogens with zero attached hydrogens (tertiary/aromatic N) is 1. The monoisotopic (exact) mass is 334 g/mol. The topological polar surface area (TPSA) is 52.6 Å². The molecule has 0 fully saturated rings. The van der Waals surface area contributed by atoms with E-state index in [1.165, 1.54) is 11.0 Å². The third kappa shape index (κ3) is 4.52. The second kappa shape index (κ2) is 7.88. The summed E-state index contributed by atoms with van der Waals surface area (Å²) in [6, 6.07) is 10.1. The van der Waals surface area contributed by atoms with Gasteiger partial charge in [-0.1, -0.05) is 30.3 Å². The van der Waals surface area contributed by atoms with E-state index in [1.54, 1.807) is 44.3 Å². The van der Waals surface area contributed by atoms with Crippen LogP contribution in [0.3, 0.4) is 0 Å². The lowest BCUT2D eigenvalue weighted by Gasteiger charge is -2.20. The molecule has 1 unspecified atom stereocenters. The summed E-state index contributed by atoms with van der Waals surface area (Å²) >= 11 is 0. The van der Waals surface area contributed by atoms with Crippen molar-refractivity contribution < 1.29 is 18.7 Å². The minimum atomic E-state index is -0.842. The lowest BCUT2D eigenvalue weighted by atomic mass is 10.0. The highest BCUT2D eigenvalue weighted by Gasteiger charge is 2.17. The molecule has 0 radical (unpaired) electrons. The Morgan fingerprint density at radius 2 is 1.92 bits per heavy atom. The van der Waals surface area contributed by atoms with Gasteiger partial charge in [-0.05, 0) is 25.0 Å². The van der Waals surface area contributed by atoms with E-state index in [4.69, 9.17) is 0 Å². The number of halogens is 2. The van der Waals surface area contributed by atoms with Gasteiger partial charge in [0.2, 0.25) is 0 Å². The van der Waals surface area contributed by atoms with Gasteiger partial charge in [-0.3, -0.25) is 0 Å². The van der Waals surface area contributed by atoms with E-state index in [-0.39, 0.29) is 11.3 Å². The molecule has 0 saturated carbocycles. The molecule has 0 aliphatic heterocycles. The minimum Gasteiger partial charge on any atom is -0.393 e. The van der Waals surface area contributed by atoms with Crippen LogP contribution in [0.5, 0.6) is 0 Å². The smallest absolute Gasteiger partial charge is 0.321 e. The Labute approximate surface area is 139 Å². The molecule has 24 heavy (non-hydrogen) atoms. The first kappa shape index (κ1) is 17.9. The molecule has 128 valence electrons. The van der Waals surface area contributed by atoms with Gasteiger partial charge in [-0.25, -0.2) is 13.6 Å². The van der Waals surface area contributed by atoms with E-state index in [0.29, 0.717) is 18.5 Å². The van der Waals surface area contributed by atoms with Crippen LogP contribution in [0.25, 0.3) is 11.1 Å². The normalized spacial score (nSPS) is 11.9. The second-order valence-corrected chi connectivity index (χ2v) is 5.67. The van der Waals surface area contributed by atoms with Crippen LogP contribution in [0, 0.1) is 11.6 Å². The van der Waals surface area contributed by atoms with Crippen molar-refractivity contribution in [3.05, 3.63) is 54.1 Å². The number of anilines is 1. The van der Waals surface area contributed by atoms with Crippen molar-refractivity contribution in [3.8, 4) is 11.1 Å². The van der Waals surface area contributed by atoms with Crippen LogP contribution in [0.15, 0.2) is 42.5 Å². The largest absolute Gasteiger partial charge is 0.393 e. The fourth-order valence-corrected chi connectivity index (χ4v) is 2.23. The Hall–Kier alpha value is -2.47. The number of aliphatic hydroxyl groups is 1. The maximum absolute atomic E-state index is 14.2. The lowest BCUT2D eigenvalue weighted by molar-refractivity contribution is 0.167. The van der Waals surface area contributed by atoms with Crippen LogP contribution in [0.4, 0.5) is 19.3 Å². The molecule has 2 aromatic carbocycles. The van der Waals surface area contributed by atoms with Crippen molar-refractivity contribution in [1.82, 2.24) is 4.90 Å². The first-order chi connectivity index (χ1) is 11.4. The number of urea groups is 1. The molecule has 6 heteroatoms. The zero-order chi connectivity index (χ0) is 17.7. The number of aliphatic hydroxyl groups excluding tert-OH is 1. The summed E-state index contributed by atoms with van der Waals surface area (Å²) in [7, 11) is 1.54. The Morgan fingerprint density at radius 1 is 1.25 bits per heavy atom. The van der Waals surface area contributed by atoms with Crippen LogP contribution in [-0.4, -0.2) is 35.7 Å². The van der Waals surface area contributed by atoms with Gasteiger partial charge in [0.25, 0.3) is 0 Å². The predicted molar refractivity (Wildman–Crippen MR) is 89.7 cm³/mol.